The average Bonchev–Trinajstić information content (AvgIpc) is 2.81. The number of amides is 2. The molecule has 0 aliphatic rings. The molecule has 2 amide bonds. The normalized spacial score (nSPS) is 11.4. The molecule has 0 saturated carbocycles. The van der Waals surface area contributed by atoms with Crippen molar-refractivity contribution in [3.05, 3.63) is 78.1 Å². The van der Waals surface area contributed by atoms with Crippen molar-refractivity contribution in [1.29, 1.82) is 0 Å². The summed E-state index contributed by atoms with van der Waals surface area (Å²) in [6.07, 6.45) is 0. The van der Waals surface area contributed by atoms with Gasteiger partial charge in [-0.3, -0.25) is 9.59 Å². The molecule has 0 spiro atoms. The molecular formula is C24H23FN2O4S. The minimum Gasteiger partial charge on any atom is -0.493 e. The molecule has 3 aromatic rings. The van der Waals surface area contributed by atoms with Crippen molar-refractivity contribution < 1.29 is 23.5 Å². The molecule has 3 aromatic carbocycles. The Morgan fingerprint density at radius 2 is 1.44 bits per heavy atom. The summed E-state index contributed by atoms with van der Waals surface area (Å²) in [7, 11) is 3.04. The summed E-state index contributed by atoms with van der Waals surface area (Å²) in [6.45, 7) is 1.79. The molecule has 6 nitrogen and oxygen atoms in total. The fourth-order valence-corrected chi connectivity index (χ4v) is 3.70. The van der Waals surface area contributed by atoms with Crippen molar-refractivity contribution in [3.8, 4) is 11.5 Å². The average molecular weight is 455 g/mol. The maximum Gasteiger partial charge on any atom is 0.255 e. The topological polar surface area (TPSA) is 76.7 Å². The molecule has 8 heteroatoms. The molecule has 1 atom stereocenters. The molecule has 0 fully saturated rings. The van der Waals surface area contributed by atoms with Gasteiger partial charge in [0.05, 0.1) is 19.5 Å². The van der Waals surface area contributed by atoms with E-state index >= 15 is 0 Å². The van der Waals surface area contributed by atoms with E-state index in [4.69, 9.17) is 9.47 Å². The quantitative estimate of drug-likeness (QED) is 0.457. The van der Waals surface area contributed by atoms with Crippen LogP contribution < -0.4 is 20.1 Å². The van der Waals surface area contributed by atoms with Crippen LogP contribution >= 0.6 is 11.8 Å². The zero-order valence-corrected chi connectivity index (χ0v) is 18.7. The molecule has 1 unspecified atom stereocenters. The highest BCUT2D eigenvalue weighted by molar-refractivity contribution is 8.00. The van der Waals surface area contributed by atoms with Crippen LogP contribution in [0.15, 0.2) is 71.6 Å². The van der Waals surface area contributed by atoms with Crippen LogP contribution in [0.2, 0.25) is 0 Å². The van der Waals surface area contributed by atoms with Gasteiger partial charge in [-0.1, -0.05) is 0 Å². The van der Waals surface area contributed by atoms with Gasteiger partial charge in [-0.2, -0.15) is 0 Å². The molecule has 0 aromatic heterocycles. The maximum atomic E-state index is 13.0. The highest BCUT2D eigenvalue weighted by Gasteiger charge is 2.15. The molecule has 0 saturated heterocycles. The summed E-state index contributed by atoms with van der Waals surface area (Å²) in [6, 6.07) is 17.8. The van der Waals surface area contributed by atoms with E-state index < -0.39 is 0 Å². The number of benzene rings is 3. The van der Waals surface area contributed by atoms with E-state index in [1.807, 2.05) is 12.1 Å². The summed E-state index contributed by atoms with van der Waals surface area (Å²) in [5.74, 6) is 0.192. The van der Waals surface area contributed by atoms with Crippen LogP contribution in [-0.2, 0) is 4.79 Å². The number of carbonyl (C=O) groups excluding carboxylic acids is 2. The van der Waals surface area contributed by atoms with E-state index in [0.29, 0.717) is 28.4 Å². The SMILES string of the molecule is COc1ccc(C(=O)Nc2ccc(SC(C)C(=O)Nc3ccc(F)cc3)cc2)cc1OC. The third kappa shape index (κ3) is 6.01. The zero-order chi connectivity index (χ0) is 23.1. The van der Waals surface area contributed by atoms with E-state index in [1.54, 1.807) is 37.3 Å². The van der Waals surface area contributed by atoms with Gasteiger partial charge < -0.3 is 20.1 Å². The van der Waals surface area contributed by atoms with Crippen molar-refractivity contribution in [2.75, 3.05) is 24.9 Å². The van der Waals surface area contributed by atoms with Crippen LogP contribution in [0.1, 0.15) is 17.3 Å². The van der Waals surface area contributed by atoms with Crippen molar-refractivity contribution in [2.24, 2.45) is 0 Å². The van der Waals surface area contributed by atoms with Crippen molar-refractivity contribution in [1.82, 2.24) is 0 Å². The van der Waals surface area contributed by atoms with Gasteiger partial charge in [0, 0.05) is 21.8 Å². The van der Waals surface area contributed by atoms with Gasteiger partial charge in [0.1, 0.15) is 5.82 Å². The Hall–Kier alpha value is -3.52. The Balaban J connectivity index is 1.58. The fourth-order valence-electron chi connectivity index (χ4n) is 2.83. The Morgan fingerprint density at radius 1 is 0.844 bits per heavy atom. The van der Waals surface area contributed by atoms with Crippen LogP contribution in [0.4, 0.5) is 15.8 Å². The minimum atomic E-state index is -0.368. The van der Waals surface area contributed by atoms with Crippen molar-refractivity contribution in [3.63, 3.8) is 0 Å². The number of hydrogen-bond acceptors (Lipinski definition) is 5. The standard InChI is InChI=1S/C24H23FN2O4S/c1-15(23(28)26-18-7-5-17(25)6-8-18)32-20-11-9-19(10-12-20)27-24(29)16-4-13-21(30-2)22(14-16)31-3/h4-15H,1-3H3,(H,26,28)(H,27,29). The van der Waals surface area contributed by atoms with Gasteiger partial charge >= 0.3 is 0 Å². The van der Waals surface area contributed by atoms with Crippen LogP contribution in [0, 0.1) is 5.82 Å². The molecule has 166 valence electrons. The lowest BCUT2D eigenvalue weighted by Gasteiger charge is -2.13. The summed E-state index contributed by atoms with van der Waals surface area (Å²) < 4.78 is 23.4. The highest BCUT2D eigenvalue weighted by Crippen LogP contribution is 2.29. The first-order valence-electron chi connectivity index (χ1n) is 9.76. The Bertz CT molecular complexity index is 1090. The Labute approximate surface area is 190 Å². The third-order valence-electron chi connectivity index (χ3n) is 4.55. The van der Waals surface area contributed by atoms with Crippen LogP contribution in [-0.4, -0.2) is 31.3 Å². The maximum absolute atomic E-state index is 13.0. The second kappa shape index (κ2) is 10.7. The number of thioether (sulfide) groups is 1. The van der Waals surface area contributed by atoms with Gasteiger partial charge in [-0.05, 0) is 73.7 Å². The lowest BCUT2D eigenvalue weighted by atomic mass is 10.2. The van der Waals surface area contributed by atoms with E-state index in [1.165, 1.54) is 50.2 Å². The number of halogens is 1. The van der Waals surface area contributed by atoms with Crippen LogP contribution in [0.25, 0.3) is 0 Å². The number of ether oxygens (including phenoxy) is 2. The molecule has 0 heterocycles. The number of hydrogen-bond donors (Lipinski definition) is 2. The van der Waals surface area contributed by atoms with Gasteiger partial charge in [0.2, 0.25) is 5.91 Å². The summed E-state index contributed by atoms with van der Waals surface area (Å²) in [5.41, 5.74) is 1.60. The molecule has 0 aliphatic heterocycles. The summed E-state index contributed by atoms with van der Waals surface area (Å²) >= 11 is 1.38. The molecule has 0 aliphatic carbocycles. The number of carbonyl (C=O) groups is 2. The molecule has 0 radical (unpaired) electrons. The first kappa shape index (κ1) is 23.1. The highest BCUT2D eigenvalue weighted by atomic mass is 32.2. The lowest BCUT2D eigenvalue weighted by molar-refractivity contribution is -0.115. The van der Waals surface area contributed by atoms with Gasteiger partial charge in [0.25, 0.3) is 5.91 Å². The van der Waals surface area contributed by atoms with Gasteiger partial charge in [-0.25, -0.2) is 4.39 Å². The first-order valence-corrected chi connectivity index (χ1v) is 10.6. The molecule has 3 rings (SSSR count). The van der Waals surface area contributed by atoms with Crippen molar-refractivity contribution in [2.45, 2.75) is 17.1 Å². The smallest absolute Gasteiger partial charge is 0.255 e. The third-order valence-corrected chi connectivity index (χ3v) is 5.66. The fraction of sp³-hybridized carbons (Fsp3) is 0.167. The summed E-state index contributed by atoms with van der Waals surface area (Å²) in [4.78, 5) is 25.8. The molecule has 2 N–H and O–H groups in total. The monoisotopic (exact) mass is 454 g/mol. The van der Waals surface area contributed by atoms with Crippen molar-refractivity contribution >= 4 is 35.0 Å². The predicted molar refractivity (Wildman–Crippen MR) is 124 cm³/mol. The molecule has 32 heavy (non-hydrogen) atoms. The van der Waals surface area contributed by atoms with Crippen LogP contribution in [0.5, 0.6) is 11.5 Å². The Morgan fingerprint density at radius 3 is 2.06 bits per heavy atom. The number of methoxy groups -OCH3 is 2. The van der Waals surface area contributed by atoms with Gasteiger partial charge in [0.15, 0.2) is 11.5 Å². The molecule has 0 bridgehead atoms. The van der Waals surface area contributed by atoms with E-state index in [0.717, 1.165) is 4.90 Å². The summed E-state index contributed by atoms with van der Waals surface area (Å²) in [5, 5.41) is 5.22. The Kier molecular flexibility index (Phi) is 7.72. The molecular weight excluding hydrogens is 431 g/mol. The zero-order valence-electron chi connectivity index (χ0n) is 17.8. The number of anilines is 2. The minimum absolute atomic E-state index is 0.188. The number of rotatable bonds is 8. The van der Waals surface area contributed by atoms with Crippen LogP contribution in [0.3, 0.4) is 0 Å². The van der Waals surface area contributed by atoms with E-state index in [-0.39, 0.29) is 22.9 Å². The predicted octanol–water partition coefficient (Wildman–Crippen LogP) is 5.21. The number of nitrogens with one attached hydrogen (secondary N) is 2. The lowest BCUT2D eigenvalue weighted by Crippen LogP contribution is -2.22. The largest absolute Gasteiger partial charge is 0.493 e. The second-order valence-electron chi connectivity index (χ2n) is 6.80. The second-order valence-corrected chi connectivity index (χ2v) is 8.22. The van der Waals surface area contributed by atoms with E-state index in [9.17, 15) is 14.0 Å². The first-order chi connectivity index (χ1) is 15.4. The van der Waals surface area contributed by atoms with Gasteiger partial charge in [-0.15, -0.1) is 11.8 Å². The van der Waals surface area contributed by atoms with E-state index in [2.05, 4.69) is 10.6 Å².